The Kier molecular flexibility index (Phi) is 4.73. The van der Waals surface area contributed by atoms with Crippen LogP contribution in [0.15, 0.2) is 0 Å². The highest BCUT2D eigenvalue weighted by molar-refractivity contribution is 5.84. The Balaban J connectivity index is 1.71. The number of hydrogen-bond donors (Lipinski definition) is 1. The summed E-state index contributed by atoms with van der Waals surface area (Å²) in [5.74, 6) is -0.0382. The number of aryl methyl sites for hydroxylation is 2. The smallest absolute Gasteiger partial charge is 0.227 e. The molecule has 0 aromatic carbocycles. The van der Waals surface area contributed by atoms with Crippen LogP contribution in [-0.4, -0.2) is 34.4 Å². The van der Waals surface area contributed by atoms with Crippen molar-refractivity contribution in [2.24, 2.45) is 12.5 Å². The van der Waals surface area contributed by atoms with Crippen molar-refractivity contribution < 1.29 is 9.53 Å². The van der Waals surface area contributed by atoms with Crippen molar-refractivity contribution in [3.63, 3.8) is 0 Å². The fourth-order valence-electron chi connectivity index (χ4n) is 4.93. The number of hydrogen-bond acceptors (Lipinski definition) is 3. The summed E-state index contributed by atoms with van der Waals surface area (Å²) in [5, 5.41) is 7.79. The summed E-state index contributed by atoms with van der Waals surface area (Å²) >= 11 is 0. The lowest BCUT2D eigenvalue weighted by atomic mass is 9.60. The zero-order chi connectivity index (χ0) is 17.5. The van der Waals surface area contributed by atoms with Crippen LogP contribution >= 0.6 is 0 Å². The Morgan fingerprint density at radius 3 is 2.62 bits per heavy atom. The van der Waals surface area contributed by atoms with Gasteiger partial charge in [-0.1, -0.05) is 12.8 Å². The summed E-state index contributed by atoms with van der Waals surface area (Å²) in [6.07, 6.45) is 6.16. The van der Waals surface area contributed by atoms with E-state index >= 15 is 0 Å². The lowest BCUT2D eigenvalue weighted by Crippen LogP contribution is -2.64. The normalized spacial score (nSPS) is 26.4. The van der Waals surface area contributed by atoms with Crippen LogP contribution in [0.5, 0.6) is 0 Å². The Labute approximate surface area is 145 Å². The van der Waals surface area contributed by atoms with Gasteiger partial charge in [-0.25, -0.2) is 0 Å². The van der Waals surface area contributed by atoms with Gasteiger partial charge in [-0.3, -0.25) is 9.48 Å². The van der Waals surface area contributed by atoms with Crippen LogP contribution in [0.2, 0.25) is 0 Å². The molecule has 1 spiro atoms. The van der Waals surface area contributed by atoms with Gasteiger partial charge >= 0.3 is 0 Å². The zero-order valence-electron chi connectivity index (χ0n) is 15.7. The molecule has 134 valence electrons. The van der Waals surface area contributed by atoms with Crippen LogP contribution in [-0.2, 0) is 16.6 Å². The van der Waals surface area contributed by atoms with Gasteiger partial charge in [0, 0.05) is 36.4 Å². The third kappa shape index (κ3) is 2.67. The second-order valence-electron chi connectivity index (χ2n) is 7.61. The van der Waals surface area contributed by atoms with Crippen molar-refractivity contribution in [2.45, 2.75) is 77.9 Å². The molecule has 0 aliphatic heterocycles. The molecule has 1 aromatic heterocycles. The molecule has 0 saturated heterocycles. The number of aromatic nitrogens is 2. The fourth-order valence-corrected chi connectivity index (χ4v) is 4.93. The highest BCUT2D eigenvalue weighted by Gasteiger charge is 2.57. The van der Waals surface area contributed by atoms with Crippen molar-refractivity contribution in [3.8, 4) is 0 Å². The molecule has 1 heterocycles. The molecule has 2 saturated carbocycles. The molecular weight excluding hydrogens is 302 g/mol. The maximum absolute atomic E-state index is 12.9. The molecule has 2 aliphatic carbocycles. The minimum absolute atomic E-state index is 0.125. The van der Waals surface area contributed by atoms with Crippen LogP contribution < -0.4 is 5.32 Å². The Hall–Kier alpha value is -1.36. The molecule has 1 aromatic rings. The third-order valence-corrected chi connectivity index (χ3v) is 6.40. The molecule has 24 heavy (non-hydrogen) atoms. The highest BCUT2D eigenvalue weighted by Crippen LogP contribution is 2.54. The topological polar surface area (TPSA) is 56.1 Å². The lowest BCUT2D eigenvalue weighted by molar-refractivity contribution is -0.144. The Bertz CT molecular complexity index is 616. The summed E-state index contributed by atoms with van der Waals surface area (Å²) in [6.45, 7) is 8.83. The average Bonchev–Trinajstić information content (AvgIpc) is 3.14. The molecule has 0 bridgehead atoms. The lowest BCUT2D eigenvalue weighted by Gasteiger charge is -2.54. The van der Waals surface area contributed by atoms with Gasteiger partial charge in [0.15, 0.2) is 0 Å². The molecular formula is C19H31N3O2. The first kappa shape index (κ1) is 17.5. The Morgan fingerprint density at radius 2 is 2.08 bits per heavy atom. The number of ether oxygens (including phenoxy) is 1. The predicted molar refractivity (Wildman–Crippen MR) is 94.0 cm³/mol. The van der Waals surface area contributed by atoms with Crippen LogP contribution in [0, 0.1) is 19.3 Å². The van der Waals surface area contributed by atoms with Crippen LogP contribution in [0.1, 0.15) is 68.8 Å². The maximum Gasteiger partial charge on any atom is 0.227 e. The molecule has 2 aliphatic rings. The van der Waals surface area contributed by atoms with Gasteiger partial charge in [0.1, 0.15) is 0 Å². The van der Waals surface area contributed by atoms with Gasteiger partial charge in [0.05, 0.1) is 17.7 Å². The maximum atomic E-state index is 12.9. The van der Waals surface area contributed by atoms with Crippen molar-refractivity contribution in [1.29, 1.82) is 0 Å². The van der Waals surface area contributed by atoms with Crippen molar-refractivity contribution in [2.75, 3.05) is 6.61 Å². The van der Waals surface area contributed by atoms with E-state index in [1.54, 1.807) is 0 Å². The van der Waals surface area contributed by atoms with E-state index in [1.165, 1.54) is 25.7 Å². The number of carbonyl (C=O) groups is 1. The van der Waals surface area contributed by atoms with Gasteiger partial charge in [0.2, 0.25) is 5.91 Å². The van der Waals surface area contributed by atoms with E-state index in [0.717, 1.165) is 30.0 Å². The van der Waals surface area contributed by atoms with E-state index in [0.29, 0.717) is 6.10 Å². The zero-order valence-corrected chi connectivity index (χ0v) is 15.7. The van der Waals surface area contributed by atoms with Gasteiger partial charge < -0.3 is 10.1 Å². The molecule has 3 unspecified atom stereocenters. The standard InChI is InChI=1S/C19H31N3O2/c1-6-24-16-11-15(19(16)9-7-8-10-19)20-18(23)12(2)17-13(3)21-22(5)14(17)4/h12,15-16H,6-11H2,1-5H3,(H,20,23). The minimum atomic E-state index is -0.164. The second kappa shape index (κ2) is 6.51. The number of amides is 1. The monoisotopic (exact) mass is 333 g/mol. The SMILES string of the molecule is CCOC1CC(NC(=O)C(C)c2c(C)nn(C)c2C)C12CCCC2. The molecule has 5 nitrogen and oxygen atoms in total. The van der Waals surface area contributed by atoms with Crippen molar-refractivity contribution in [1.82, 2.24) is 15.1 Å². The summed E-state index contributed by atoms with van der Waals surface area (Å²) in [4.78, 5) is 12.9. The molecule has 3 atom stereocenters. The van der Waals surface area contributed by atoms with Crippen LogP contribution in [0.25, 0.3) is 0 Å². The number of nitrogens with zero attached hydrogens (tertiary/aromatic N) is 2. The average molecular weight is 333 g/mol. The van der Waals surface area contributed by atoms with E-state index in [4.69, 9.17) is 4.74 Å². The van der Waals surface area contributed by atoms with E-state index in [2.05, 4.69) is 17.3 Å². The molecule has 0 radical (unpaired) electrons. The first-order valence-corrected chi connectivity index (χ1v) is 9.32. The summed E-state index contributed by atoms with van der Waals surface area (Å²) < 4.78 is 7.81. The van der Waals surface area contributed by atoms with Crippen molar-refractivity contribution in [3.05, 3.63) is 17.0 Å². The minimum Gasteiger partial charge on any atom is -0.378 e. The number of rotatable bonds is 5. The van der Waals surface area contributed by atoms with E-state index in [-0.39, 0.29) is 23.3 Å². The van der Waals surface area contributed by atoms with Gasteiger partial charge in [-0.15, -0.1) is 0 Å². The van der Waals surface area contributed by atoms with E-state index < -0.39 is 0 Å². The summed E-state index contributed by atoms with van der Waals surface area (Å²) in [7, 11) is 1.93. The third-order valence-electron chi connectivity index (χ3n) is 6.40. The quantitative estimate of drug-likeness (QED) is 0.901. The van der Waals surface area contributed by atoms with Gasteiger partial charge in [0.25, 0.3) is 0 Å². The summed E-state index contributed by atoms with van der Waals surface area (Å²) in [5.41, 5.74) is 3.28. The molecule has 1 N–H and O–H groups in total. The van der Waals surface area contributed by atoms with E-state index in [9.17, 15) is 4.79 Å². The highest BCUT2D eigenvalue weighted by atomic mass is 16.5. The first-order chi connectivity index (χ1) is 11.4. The predicted octanol–water partition coefficient (Wildman–Crippen LogP) is 2.99. The second-order valence-corrected chi connectivity index (χ2v) is 7.61. The fraction of sp³-hybridized carbons (Fsp3) is 0.789. The Morgan fingerprint density at radius 1 is 1.42 bits per heavy atom. The van der Waals surface area contributed by atoms with Crippen LogP contribution in [0.3, 0.4) is 0 Å². The molecule has 3 rings (SSSR count). The number of carbonyl (C=O) groups excluding carboxylic acids is 1. The van der Waals surface area contributed by atoms with Gasteiger partial charge in [-0.2, -0.15) is 5.10 Å². The molecule has 1 amide bonds. The van der Waals surface area contributed by atoms with E-state index in [1.807, 2.05) is 32.5 Å². The van der Waals surface area contributed by atoms with Gasteiger partial charge in [-0.05, 0) is 47.0 Å². The number of nitrogens with one attached hydrogen (secondary N) is 1. The van der Waals surface area contributed by atoms with Crippen LogP contribution in [0.4, 0.5) is 0 Å². The molecule has 2 fully saturated rings. The first-order valence-electron chi connectivity index (χ1n) is 9.32. The molecule has 5 heteroatoms. The largest absolute Gasteiger partial charge is 0.378 e. The summed E-state index contributed by atoms with van der Waals surface area (Å²) in [6, 6.07) is 0.267. The van der Waals surface area contributed by atoms with Crippen molar-refractivity contribution >= 4 is 5.91 Å².